The van der Waals surface area contributed by atoms with E-state index in [1.807, 2.05) is 0 Å². The molecule has 1 aromatic carbocycles. The number of carbonyl (C=O) groups excluding carboxylic acids is 3. The minimum atomic E-state index is -0.852. The van der Waals surface area contributed by atoms with Gasteiger partial charge in [-0.3, -0.25) is 9.59 Å². The number of benzene rings is 1. The molecule has 0 fully saturated rings. The van der Waals surface area contributed by atoms with E-state index in [-0.39, 0.29) is 18.2 Å². The number of ether oxygens (including phenoxy) is 1. The fourth-order valence-electron chi connectivity index (χ4n) is 1.48. The number of hydrogen-bond acceptors (Lipinski definition) is 4. The summed E-state index contributed by atoms with van der Waals surface area (Å²) in [4.78, 5) is 34.0. The number of rotatable bonds is 7. The summed E-state index contributed by atoms with van der Waals surface area (Å²) < 4.78 is 5.07. The fourth-order valence-corrected chi connectivity index (χ4v) is 1.48. The summed E-state index contributed by atoms with van der Waals surface area (Å²) in [5.41, 5.74) is 0.394. The highest BCUT2D eigenvalue weighted by molar-refractivity contribution is 5.90. The van der Waals surface area contributed by atoms with Crippen LogP contribution in [0.3, 0.4) is 0 Å². The van der Waals surface area contributed by atoms with E-state index < -0.39 is 12.1 Å². The van der Waals surface area contributed by atoms with Crippen LogP contribution >= 0.6 is 0 Å². The van der Waals surface area contributed by atoms with Crippen LogP contribution in [0.1, 0.15) is 30.6 Å². The third-order valence-corrected chi connectivity index (χ3v) is 2.67. The zero-order valence-electron chi connectivity index (χ0n) is 11.7. The molecule has 1 aromatic rings. The van der Waals surface area contributed by atoms with Crippen LogP contribution in [0.15, 0.2) is 30.3 Å². The van der Waals surface area contributed by atoms with Gasteiger partial charge in [-0.2, -0.15) is 0 Å². The molecule has 5 heteroatoms. The van der Waals surface area contributed by atoms with E-state index in [2.05, 4.69) is 5.32 Å². The Hall–Kier alpha value is -2.17. The molecule has 0 heterocycles. The molecule has 0 saturated carbocycles. The number of hydrogen-bond donors (Lipinski definition) is 1. The smallest absolute Gasteiger partial charge is 0.338 e. The van der Waals surface area contributed by atoms with Crippen molar-refractivity contribution in [3.63, 3.8) is 0 Å². The number of nitrogens with one attached hydrogen (secondary N) is 1. The largest absolute Gasteiger partial charge is 0.451 e. The highest BCUT2D eigenvalue weighted by Crippen LogP contribution is 2.05. The average molecular weight is 277 g/mol. The third-order valence-electron chi connectivity index (χ3n) is 2.67. The van der Waals surface area contributed by atoms with Crippen LogP contribution in [-0.4, -0.2) is 30.8 Å². The second kappa shape index (κ2) is 8.09. The van der Waals surface area contributed by atoms with Crippen LogP contribution in [0.25, 0.3) is 0 Å². The molecule has 108 valence electrons. The maximum absolute atomic E-state index is 11.8. The summed E-state index contributed by atoms with van der Waals surface area (Å²) in [5, 5.41) is 2.67. The predicted molar refractivity (Wildman–Crippen MR) is 74.2 cm³/mol. The lowest BCUT2D eigenvalue weighted by Gasteiger charge is -2.13. The van der Waals surface area contributed by atoms with E-state index >= 15 is 0 Å². The summed E-state index contributed by atoms with van der Waals surface area (Å²) in [6.07, 6.45) is -0.0155. The highest BCUT2D eigenvalue weighted by atomic mass is 16.5. The SMILES string of the molecule is CC(C)C(=O)NCCC(C=O)OC(=O)c1ccccc1. The summed E-state index contributed by atoms with van der Waals surface area (Å²) >= 11 is 0. The predicted octanol–water partition coefficient (Wildman–Crippen LogP) is 1.57. The molecule has 20 heavy (non-hydrogen) atoms. The van der Waals surface area contributed by atoms with Gasteiger partial charge in [0, 0.05) is 18.9 Å². The third kappa shape index (κ3) is 5.22. The number of aldehydes is 1. The van der Waals surface area contributed by atoms with E-state index in [0.717, 1.165) is 0 Å². The molecule has 1 unspecified atom stereocenters. The van der Waals surface area contributed by atoms with Gasteiger partial charge in [-0.15, -0.1) is 0 Å². The summed E-state index contributed by atoms with van der Waals surface area (Å²) in [6, 6.07) is 8.45. The lowest BCUT2D eigenvalue weighted by atomic mass is 10.2. The lowest BCUT2D eigenvalue weighted by molar-refractivity contribution is -0.124. The molecule has 0 spiro atoms. The minimum Gasteiger partial charge on any atom is -0.451 e. The maximum Gasteiger partial charge on any atom is 0.338 e. The first-order valence-corrected chi connectivity index (χ1v) is 6.53. The second-order valence-corrected chi connectivity index (χ2v) is 4.68. The zero-order chi connectivity index (χ0) is 15.0. The van der Waals surface area contributed by atoms with Gasteiger partial charge in [0.2, 0.25) is 5.91 Å². The van der Waals surface area contributed by atoms with E-state index in [0.29, 0.717) is 18.4 Å². The summed E-state index contributed by atoms with van der Waals surface area (Å²) in [6.45, 7) is 3.85. The molecular formula is C15H19NO4. The Labute approximate surface area is 118 Å². The molecule has 0 aliphatic carbocycles. The minimum absolute atomic E-state index is 0.0935. The van der Waals surface area contributed by atoms with E-state index in [9.17, 15) is 14.4 Å². The molecule has 0 radical (unpaired) electrons. The Balaban J connectivity index is 2.42. The van der Waals surface area contributed by atoms with Gasteiger partial charge < -0.3 is 10.1 Å². The first kappa shape index (κ1) is 15.9. The van der Waals surface area contributed by atoms with Crippen molar-refractivity contribution in [2.24, 2.45) is 5.92 Å². The fraction of sp³-hybridized carbons (Fsp3) is 0.400. The zero-order valence-corrected chi connectivity index (χ0v) is 11.7. The van der Waals surface area contributed by atoms with Gasteiger partial charge >= 0.3 is 5.97 Å². The van der Waals surface area contributed by atoms with Gasteiger partial charge in [-0.05, 0) is 12.1 Å². The number of amides is 1. The van der Waals surface area contributed by atoms with Crippen molar-refractivity contribution < 1.29 is 19.1 Å². The molecule has 1 N–H and O–H groups in total. The van der Waals surface area contributed by atoms with Gasteiger partial charge in [0.05, 0.1) is 5.56 Å². The molecule has 0 aliphatic heterocycles. The summed E-state index contributed by atoms with van der Waals surface area (Å²) in [7, 11) is 0. The average Bonchev–Trinajstić information content (AvgIpc) is 2.46. The lowest BCUT2D eigenvalue weighted by Crippen LogP contribution is -2.32. The van der Waals surface area contributed by atoms with Gasteiger partial charge in [-0.25, -0.2) is 4.79 Å². The highest BCUT2D eigenvalue weighted by Gasteiger charge is 2.15. The van der Waals surface area contributed by atoms with Crippen molar-refractivity contribution in [2.45, 2.75) is 26.4 Å². The van der Waals surface area contributed by atoms with Crippen molar-refractivity contribution in [1.82, 2.24) is 5.32 Å². The van der Waals surface area contributed by atoms with Crippen LogP contribution in [-0.2, 0) is 14.3 Å². The van der Waals surface area contributed by atoms with E-state index in [1.54, 1.807) is 44.2 Å². The van der Waals surface area contributed by atoms with Crippen LogP contribution < -0.4 is 5.32 Å². The Morgan fingerprint density at radius 1 is 1.25 bits per heavy atom. The van der Waals surface area contributed by atoms with Crippen LogP contribution in [0.2, 0.25) is 0 Å². The second-order valence-electron chi connectivity index (χ2n) is 4.68. The van der Waals surface area contributed by atoms with E-state index in [4.69, 9.17) is 4.74 Å². The molecule has 0 saturated heterocycles. The van der Waals surface area contributed by atoms with Crippen LogP contribution in [0.4, 0.5) is 0 Å². The number of esters is 1. The van der Waals surface area contributed by atoms with Crippen molar-refractivity contribution in [3.8, 4) is 0 Å². The van der Waals surface area contributed by atoms with Gasteiger partial charge in [0.1, 0.15) is 0 Å². The Morgan fingerprint density at radius 3 is 2.45 bits per heavy atom. The van der Waals surface area contributed by atoms with Gasteiger partial charge in [0.15, 0.2) is 12.4 Å². The summed E-state index contributed by atoms with van der Waals surface area (Å²) in [5.74, 6) is -0.751. The molecule has 1 atom stereocenters. The van der Waals surface area contributed by atoms with Gasteiger partial charge in [0.25, 0.3) is 0 Å². The number of carbonyl (C=O) groups is 3. The molecule has 5 nitrogen and oxygen atoms in total. The van der Waals surface area contributed by atoms with Crippen molar-refractivity contribution >= 4 is 18.2 Å². The maximum atomic E-state index is 11.8. The molecule has 0 aromatic heterocycles. The molecule has 0 bridgehead atoms. The molecule has 1 amide bonds. The van der Waals surface area contributed by atoms with Crippen LogP contribution in [0.5, 0.6) is 0 Å². The Kier molecular flexibility index (Phi) is 6.43. The standard InChI is InChI=1S/C15H19NO4/c1-11(2)14(18)16-9-8-13(10-17)20-15(19)12-6-4-3-5-7-12/h3-7,10-11,13H,8-9H2,1-2H3,(H,16,18). The van der Waals surface area contributed by atoms with Gasteiger partial charge in [-0.1, -0.05) is 32.0 Å². The van der Waals surface area contributed by atoms with Crippen molar-refractivity contribution in [3.05, 3.63) is 35.9 Å². The first-order valence-electron chi connectivity index (χ1n) is 6.53. The Morgan fingerprint density at radius 2 is 1.90 bits per heavy atom. The van der Waals surface area contributed by atoms with E-state index in [1.165, 1.54) is 0 Å². The molecular weight excluding hydrogens is 258 g/mol. The quantitative estimate of drug-likeness (QED) is 0.606. The topological polar surface area (TPSA) is 72.5 Å². The first-order chi connectivity index (χ1) is 9.54. The van der Waals surface area contributed by atoms with Crippen LogP contribution in [0, 0.1) is 5.92 Å². The molecule has 0 aliphatic rings. The molecule has 1 rings (SSSR count). The Bertz CT molecular complexity index is 456. The van der Waals surface area contributed by atoms with Crippen molar-refractivity contribution in [2.75, 3.05) is 6.54 Å². The van der Waals surface area contributed by atoms with Crippen molar-refractivity contribution in [1.29, 1.82) is 0 Å². The monoisotopic (exact) mass is 277 g/mol. The normalized spacial score (nSPS) is 11.8.